The van der Waals surface area contributed by atoms with Gasteiger partial charge in [0.2, 0.25) is 11.8 Å². The summed E-state index contributed by atoms with van der Waals surface area (Å²) in [5.74, 6) is 0.353. The molecule has 0 bridgehead atoms. The van der Waals surface area contributed by atoms with Gasteiger partial charge in [-0.25, -0.2) is 0 Å². The van der Waals surface area contributed by atoms with Crippen molar-refractivity contribution in [3.63, 3.8) is 0 Å². The highest BCUT2D eigenvalue weighted by Gasteiger charge is 2.15. The van der Waals surface area contributed by atoms with Crippen molar-refractivity contribution in [1.29, 1.82) is 0 Å². The highest BCUT2D eigenvalue weighted by atomic mass is 32.1. The zero-order chi connectivity index (χ0) is 18.2. The lowest BCUT2D eigenvalue weighted by Gasteiger charge is -2.18. The summed E-state index contributed by atoms with van der Waals surface area (Å²) >= 11 is 1.68. The van der Waals surface area contributed by atoms with Gasteiger partial charge in [0.15, 0.2) is 0 Å². The van der Waals surface area contributed by atoms with E-state index in [1.165, 1.54) is 11.8 Å². The van der Waals surface area contributed by atoms with Crippen LogP contribution in [0.1, 0.15) is 18.7 Å². The smallest absolute Gasteiger partial charge is 0.242 e. The van der Waals surface area contributed by atoms with Crippen molar-refractivity contribution in [2.45, 2.75) is 26.3 Å². The number of amides is 2. The number of hydrogen-bond donors (Lipinski definition) is 3. The van der Waals surface area contributed by atoms with Gasteiger partial charge in [-0.05, 0) is 43.0 Å². The van der Waals surface area contributed by atoms with Crippen LogP contribution in [-0.2, 0) is 16.0 Å². The van der Waals surface area contributed by atoms with Gasteiger partial charge >= 0.3 is 0 Å². The number of carbonyl (C=O) groups is 2. The zero-order valence-electron chi connectivity index (χ0n) is 14.6. The van der Waals surface area contributed by atoms with Crippen molar-refractivity contribution in [1.82, 2.24) is 5.32 Å². The van der Waals surface area contributed by atoms with Crippen LogP contribution in [-0.4, -0.2) is 31.5 Å². The summed E-state index contributed by atoms with van der Waals surface area (Å²) in [7, 11) is 1.56. The average molecular weight is 361 g/mol. The zero-order valence-corrected chi connectivity index (χ0v) is 15.4. The summed E-state index contributed by atoms with van der Waals surface area (Å²) < 4.78 is 5.31. The Hall–Kier alpha value is -2.54. The molecule has 25 heavy (non-hydrogen) atoms. The van der Waals surface area contributed by atoms with Crippen LogP contribution in [0.25, 0.3) is 0 Å². The molecule has 0 aliphatic rings. The largest absolute Gasteiger partial charge is 0.495 e. The van der Waals surface area contributed by atoms with E-state index >= 15 is 0 Å². The maximum atomic E-state index is 12.3. The van der Waals surface area contributed by atoms with Crippen LogP contribution in [0.3, 0.4) is 0 Å². The van der Waals surface area contributed by atoms with Crippen LogP contribution >= 0.6 is 11.3 Å². The molecule has 3 N–H and O–H groups in total. The van der Waals surface area contributed by atoms with Crippen LogP contribution in [0.4, 0.5) is 11.4 Å². The molecule has 6 nitrogen and oxygen atoms in total. The molecule has 1 atom stereocenters. The Labute approximate surface area is 151 Å². The van der Waals surface area contributed by atoms with Gasteiger partial charge in [-0.15, -0.1) is 11.3 Å². The third kappa shape index (κ3) is 5.79. The lowest BCUT2D eigenvalue weighted by molar-refractivity contribution is -0.121. The first-order chi connectivity index (χ1) is 12.0. The molecular formula is C18H23N3O3S. The summed E-state index contributed by atoms with van der Waals surface area (Å²) in [6.07, 6.45) is 0.817. The van der Waals surface area contributed by atoms with E-state index in [0.717, 1.165) is 6.42 Å². The minimum Gasteiger partial charge on any atom is -0.495 e. The van der Waals surface area contributed by atoms with Crippen molar-refractivity contribution in [3.8, 4) is 5.75 Å². The molecule has 7 heteroatoms. The van der Waals surface area contributed by atoms with Crippen LogP contribution in [0, 0.1) is 0 Å². The fourth-order valence-corrected chi connectivity index (χ4v) is 3.03. The van der Waals surface area contributed by atoms with Gasteiger partial charge in [-0.3, -0.25) is 9.59 Å². The van der Waals surface area contributed by atoms with E-state index in [1.807, 2.05) is 11.4 Å². The Bertz CT molecular complexity index is 716. The summed E-state index contributed by atoms with van der Waals surface area (Å²) in [4.78, 5) is 24.7. The first-order valence-corrected chi connectivity index (χ1v) is 8.90. The summed E-state index contributed by atoms with van der Waals surface area (Å²) in [6.45, 7) is 3.82. The second-order valence-corrected chi connectivity index (χ2v) is 6.61. The van der Waals surface area contributed by atoms with Crippen LogP contribution in [0.5, 0.6) is 5.75 Å². The molecular weight excluding hydrogens is 338 g/mol. The van der Waals surface area contributed by atoms with E-state index < -0.39 is 6.04 Å². The first-order valence-electron chi connectivity index (χ1n) is 8.02. The minimum atomic E-state index is -0.440. The molecule has 0 aliphatic carbocycles. The number of benzene rings is 1. The van der Waals surface area contributed by atoms with Crippen molar-refractivity contribution in [2.75, 3.05) is 24.3 Å². The lowest BCUT2D eigenvalue weighted by atomic mass is 10.2. The van der Waals surface area contributed by atoms with Crippen LogP contribution in [0.2, 0.25) is 0 Å². The van der Waals surface area contributed by atoms with Crippen molar-refractivity contribution in [3.05, 3.63) is 40.6 Å². The third-order valence-electron chi connectivity index (χ3n) is 3.54. The Morgan fingerprint density at radius 3 is 2.72 bits per heavy atom. The topological polar surface area (TPSA) is 79.5 Å². The Morgan fingerprint density at radius 1 is 1.28 bits per heavy atom. The number of anilines is 2. The summed E-state index contributed by atoms with van der Waals surface area (Å²) in [6, 6.07) is 8.85. The Kier molecular flexibility index (Phi) is 6.82. The molecule has 2 aromatic rings. The number of nitrogens with one attached hydrogen (secondary N) is 3. The molecule has 1 aromatic heterocycles. The van der Waals surface area contributed by atoms with Crippen LogP contribution < -0.4 is 20.7 Å². The van der Waals surface area contributed by atoms with Gasteiger partial charge in [-0.1, -0.05) is 6.07 Å². The van der Waals surface area contributed by atoms with Gasteiger partial charge < -0.3 is 20.7 Å². The molecule has 0 radical (unpaired) electrons. The molecule has 2 rings (SSSR count). The molecule has 134 valence electrons. The highest BCUT2D eigenvalue weighted by molar-refractivity contribution is 7.09. The van der Waals surface area contributed by atoms with E-state index in [2.05, 4.69) is 22.0 Å². The van der Waals surface area contributed by atoms with Gasteiger partial charge in [0.25, 0.3) is 0 Å². The fourth-order valence-electron chi connectivity index (χ4n) is 2.32. The standard InChI is InChI=1S/C18H23N3O3S/c1-12(18(23)19-9-8-15-5-4-10-25-15)20-16-11-14(21-13(2)22)6-7-17(16)24-3/h4-7,10-12,20H,8-9H2,1-3H3,(H,19,23)(H,21,22). The molecule has 2 amide bonds. The van der Waals surface area contributed by atoms with Crippen molar-refractivity contribution >= 4 is 34.5 Å². The molecule has 0 saturated heterocycles. The molecule has 0 aliphatic heterocycles. The van der Waals surface area contributed by atoms with E-state index in [9.17, 15) is 9.59 Å². The number of ether oxygens (including phenoxy) is 1. The second-order valence-electron chi connectivity index (χ2n) is 5.58. The van der Waals surface area contributed by atoms with E-state index in [0.29, 0.717) is 23.7 Å². The first kappa shape index (κ1) is 18.8. The van der Waals surface area contributed by atoms with Crippen molar-refractivity contribution < 1.29 is 14.3 Å². The maximum absolute atomic E-state index is 12.3. The quantitative estimate of drug-likeness (QED) is 0.675. The minimum absolute atomic E-state index is 0.0939. The number of rotatable bonds is 8. The Balaban J connectivity index is 1.94. The van der Waals surface area contributed by atoms with E-state index in [-0.39, 0.29) is 11.8 Å². The molecule has 0 fully saturated rings. The summed E-state index contributed by atoms with van der Waals surface area (Å²) in [5.41, 5.74) is 1.29. The van der Waals surface area contributed by atoms with Crippen LogP contribution in [0.15, 0.2) is 35.7 Å². The maximum Gasteiger partial charge on any atom is 0.242 e. The van der Waals surface area contributed by atoms with E-state index in [4.69, 9.17) is 4.74 Å². The number of carbonyl (C=O) groups excluding carboxylic acids is 2. The Morgan fingerprint density at radius 2 is 2.08 bits per heavy atom. The van der Waals surface area contributed by atoms with E-state index in [1.54, 1.807) is 43.6 Å². The van der Waals surface area contributed by atoms with Crippen molar-refractivity contribution in [2.24, 2.45) is 0 Å². The van der Waals surface area contributed by atoms with Gasteiger partial charge in [-0.2, -0.15) is 0 Å². The van der Waals surface area contributed by atoms with Gasteiger partial charge in [0.05, 0.1) is 12.8 Å². The number of methoxy groups -OCH3 is 1. The predicted octanol–water partition coefficient (Wildman–Crippen LogP) is 2.87. The number of thiophene rings is 1. The van der Waals surface area contributed by atoms with Gasteiger partial charge in [0.1, 0.15) is 11.8 Å². The third-order valence-corrected chi connectivity index (χ3v) is 4.47. The summed E-state index contributed by atoms with van der Waals surface area (Å²) in [5, 5.41) is 10.8. The van der Waals surface area contributed by atoms with Gasteiger partial charge in [0, 0.05) is 24.0 Å². The normalized spacial score (nSPS) is 11.5. The number of hydrogen-bond acceptors (Lipinski definition) is 5. The fraction of sp³-hybridized carbons (Fsp3) is 0.333. The lowest BCUT2D eigenvalue weighted by Crippen LogP contribution is -2.38. The average Bonchev–Trinajstić information content (AvgIpc) is 3.08. The highest BCUT2D eigenvalue weighted by Crippen LogP contribution is 2.28. The SMILES string of the molecule is COc1ccc(NC(C)=O)cc1NC(C)C(=O)NCCc1cccs1. The molecule has 1 aromatic carbocycles. The monoisotopic (exact) mass is 361 g/mol. The molecule has 0 saturated carbocycles. The molecule has 1 heterocycles. The molecule has 0 spiro atoms. The predicted molar refractivity (Wildman–Crippen MR) is 101 cm³/mol. The second kappa shape index (κ2) is 9.08. The molecule has 1 unspecified atom stereocenters.